The van der Waals surface area contributed by atoms with Crippen LogP contribution >= 0.6 is 0 Å². The van der Waals surface area contributed by atoms with Gasteiger partial charge in [-0.1, -0.05) is 46.0 Å². The zero-order valence-corrected chi connectivity index (χ0v) is 8.12. The van der Waals surface area contributed by atoms with Crippen molar-refractivity contribution in [3.05, 3.63) is 18.9 Å². The maximum Gasteiger partial charge on any atom is 0.180 e. The second kappa shape index (κ2) is 10.2. The molecule has 0 saturated carbocycles. The van der Waals surface area contributed by atoms with Crippen molar-refractivity contribution in [1.29, 1.82) is 0 Å². The third-order valence-corrected chi connectivity index (χ3v) is 1.55. The first kappa shape index (κ1) is 11.2. The highest BCUT2D eigenvalue weighted by Gasteiger charge is 1.80. The molecule has 0 bridgehead atoms. The van der Waals surface area contributed by atoms with Crippen LogP contribution in [0.5, 0.6) is 0 Å². The van der Waals surface area contributed by atoms with Gasteiger partial charge in [0, 0.05) is 0 Å². The average Bonchev–Trinajstić information content (AvgIpc) is 2.62. The molecule has 0 radical (unpaired) electrons. The van der Waals surface area contributed by atoms with Crippen LogP contribution in [0.4, 0.5) is 0 Å². The zero-order chi connectivity index (χ0) is 9.07. The van der Waals surface area contributed by atoms with Gasteiger partial charge in [-0.05, 0) is 0 Å². The molecule has 12 heavy (non-hydrogen) atoms. The van der Waals surface area contributed by atoms with E-state index in [9.17, 15) is 0 Å². The van der Waals surface area contributed by atoms with E-state index in [1.165, 1.54) is 44.8 Å². The maximum atomic E-state index is 4.47. The standard InChI is InChI=1S/C7H16.C3H3NO/c1-3-5-7-6-4-2;1-2-5-3-4-1/h3-7H2,1-2H3;1-3H. The van der Waals surface area contributed by atoms with Crippen LogP contribution in [-0.2, 0) is 0 Å². The highest BCUT2D eigenvalue weighted by molar-refractivity contribution is 4.56. The summed E-state index contributed by atoms with van der Waals surface area (Å²) >= 11 is 0. The molecule has 0 saturated heterocycles. The minimum Gasteiger partial charge on any atom is -0.452 e. The Morgan fingerprint density at radius 3 is 2.00 bits per heavy atom. The number of hydrogen-bond acceptors (Lipinski definition) is 2. The minimum absolute atomic E-state index is 1.36. The van der Waals surface area contributed by atoms with Gasteiger partial charge in [0.15, 0.2) is 6.39 Å². The normalized spacial score (nSPS) is 8.83. The fourth-order valence-corrected chi connectivity index (χ4v) is 0.852. The average molecular weight is 169 g/mol. The van der Waals surface area contributed by atoms with Gasteiger partial charge >= 0.3 is 0 Å². The highest BCUT2D eigenvalue weighted by Crippen LogP contribution is 2.00. The number of hydrogen-bond donors (Lipinski definition) is 0. The van der Waals surface area contributed by atoms with Crippen molar-refractivity contribution >= 4 is 0 Å². The number of aromatic nitrogens is 1. The Morgan fingerprint density at radius 1 is 1.08 bits per heavy atom. The van der Waals surface area contributed by atoms with Crippen molar-refractivity contribution in [3.63, 3.8) is 0 Å². The number of nitrogens with zero attached hydrogens (tertiary/aromatic N) is 1. The Bertz CT molecular complexity index is 116. The third-order valence-electron chi connectivity index (χ3n) is 1.55. The highest BCUT2D eigenvalue weighted by atomic mass is 16.3. The zero-order valence-electron chi connectivity index (χ0n) is 8.12. The van der Waals surface area contributed by atoms with Crippen LogP contribution in [0.3, 0.4) is 0 Å². The summed E-state index contributed by atoms with van der Waals surface area (Å²) in [6.07, 6.45) is 11.5. The summed E-state index contributed by atoms with van der Waals surface area (Å²) in [6.45, 7) is 4.49. The quantitative estimate of drug-likeness (QED) is 0.643. The van der Waals surface area contributed by atoms with E-state index in [0.717, 1.165) is 0 Å². The van der Waals surface area contributed by atoms with Gasteiger partial charge < -0.3 is 4.42 Å². The van der Waals surface area contributed by atoms with E-state index < -0.39 is 0 Å². The molecule has 0 atom stereocenters. The predicted molar refractivity (Wildman–Crippen MR) is 50.9 cm³/mol. The van der Waals surface area contributed by atoms with Crippen LogP contribution in [0.2, 0.25) is 0 Å². The van der Waals surface area contributed by atoms with Crippen LogP contribution in [-0.4, -0.2) is 4.98 Å². The molecule has 1 aromatic heterocycles. The Hall–Kier alpha value is -0.790. The molecule has 0 fully saturated rings. The van der Waals surface area contributed by atoms with E-state index in [4.69, 9.17) is 0 Å². The number of rotatable bonds is 4. The van der Waals surface area contributed by atoms with Crippen molar-refractivity contribution in [2.75, 3.05) is 0 Å². The van der Waals surface area contributed by atoms with Gasteiger partial charge in [-0.25, -0.2) is 4.98 Å². The lowest BCUT2D eigenvalue weighted by molar-refractivity contribution is 0.558. The smallest absolute Gasteiger partial charge is 0.180 e. The van der Waals surface area contributed by atoms with E-state index in [1.807, 2.05) is 0 Å². The lowest BCUT2D eigenvalue weighted by atomic mass is 10.2. The van der Waals surface area contributed by atoms with Crippen molar-refractivity contribution in [3.8, 4) is 0 Å². The molecular formula is C10H19NO. The van der Waals surface area contributed by atoms with Crippen LogP contribution < -0.4 is 0 Å². The van der Waals surface area contributed by atoms with Gasteiger partial charge in [0.2, 0.25) is 0 Å². The van der Waals surface area contributed by atoms with Crippen LogP contribution in [0, 0.1) is 0 Å². The summed E-state index contributed by atoms with van der Waals surface area (Å²) < 4.78 is 4.47. The van der Waals surface area contributed by atoms with Gasteiger partial charge in [0.05, 0.1) is 6.20 Å². The first-order chi connectivity index (χ1) is 5.91. The first-order valence-corrected chi connectivity index (χ1v) is 4.74. The van der Waals surface area contributed by atoms with Crippen molar-refractivity contribution in [1.82, 2.24) is 4.98 Å². The summed E-state index contributed by atoms with van der Waals surface area (Å²) in [4.78, 5) is 3.56. The Labute approximate surface area is 75.0 Å². The van der Waals surface area contributed by atoms with Gasteiger partial charge in [0.25, 0.3) is 0 Å². The molecule has 0 aromatic carbocycles. The fraction of sp³-hybridized carbons (Fsp3) is 0.700. The molecule has 0 aliphatic carbocycles. The van der Waals surface area contributed by atoms with Gasteiger partial charge in [-0.3, -0.25) is 0 Å². The Morgan fingerprint density at radius 2 is 1.75 bits per heavy atom. The van der Waals surface area contributed by atoms with Crippen LogP contribution in [0.25, 0.3) is 0 Å². The van der Waals surface area contributed by atoms with Crippen molar-refractivity contribution in [2.45, 2.75) is 46.0 Å². The monoisotopic (exact) mass is 169 g/mol. The molecule has 2 nitrogen and oxygen atoms in total. The molecular weight excluding hydrogens is 150 g/mol. The van der Waals surface area contributed by atoms with Crippen LogP contribution in [0.1, 0.15) is 46.0 Å². The Balaban J connectivity index is 0.000000211. The molecule has 0 N–H and O–H groups in total. The second-order valence-electron chi connectivity index (χ2n) is 2.74. The van der Waals surface area contributed by atoms with Gasteiger partial charge in [-0.2, -0.15) is 0 Å². The summed E-state index contributed by atoms with van der Waals surface area (Å²) in [6, 6.07) is 0. The lowest BCUT2D eigenvalue weighted by Gasteiger charge is -1.90. The van der Waals surface area contributed by atoms with Crippen molar-refractivity contribution in [2.24, 2.45) is 0 Å². The molecule has 1 aromatic rings. The SMILES string of the molecule is CCCCCCC.c1cocn1. The predicted octanol–water partition coefficient (Wildman–Crippen LogP) is 3.65. The van der Waals surface area contributed by atoms with Crippen LogP contribution in [0.15, 0.2) is 23.3 Å². The van der Waals surface area contributed by atoms with Gasteiger partial charge in [0.1, 0.15) is 6.26 Å². The lowest BCUT2D eigenvalue weighted by Crippen LogP contribution is -1.70. The maximum absolute atomic E-state index is 4.47. The van der Waals surface area contributed by atoms with E-state index >= 15 is 0 Å². The largest absolute Gasteiger partial charge is 0.452 e. The molecule has 0 spiro atoms. The van der Waals surface area contributed by atoms with E-state index in [1.54, 1.807) is 6.20 Å². The molecule has 0 aliphatic heterocycles. The summed E-state index contributed by atoms with van der Waals surface area (Å²) in [7, 11) is 0. The number of oxazole rings is 1. The summed E-state index contributed by atoms with van der Waals surface area (Å²) in [5.41, 5.74) is 0. The van der Waals surface area contributed by atoms with Crippen molar-refractivity contribution < 1.29 is 4.42 Å². The molecule has 1 rings (SSSR count). The molecule has 70 valence electrons. The van der Waals surface area contributed by atoms with E-state index in [-0.39, 0.29) is 0 Å². The molecule has 2 heteroatoms. The summed E-state index contributed by atoms with van der Waals surface area (Å²) in [5.74, 6) is 0. The second-order valence-corrected chi connectivity index (χ2v) is 2.74. The van der Waals surface area contributed by atoms with Gasteiger partial charge in [-0.15, -0.1) is 0 Å². The number of unbranched alkanes of at least 4 members (excludes halogenated alkanes) is 4. The van der Waals surface area contributed by atoms with E-state index in [0.29, 0.717) is 0 Å². The topological polar surface area (TPSA) is 26.0 Å². The minimum atomic E-state index is 1.36. The molecule has 0 aliphatic rings. The fourth-order valence-electron chi connectivity index (χ4n) is 0.852. The van der Waals surface area contributed by atoms with E-state index in [2.05, 4.69) is 23.2 Å². The molecule has 0 amide bonds. The molecule has 1 heterocycles. The molecule has 0 unspecified atom stereocenters. The third kappa shape index (κ3) is 9.21. The Kier molecular flexibility index (Phi) is 9.54. The first-order valence-electron chi connectivity index (χ1n) is 4.74. The summed E-state index contributed by atoms with van der Waals surface area (Å²) in [5, 5.41) is 0.